The number of rotatable bonds is 4. The number of fused-ring (bicyclic) bond motifs is 2. The Morgan fingerprint density at radius 3 is 2.44 bits per heavy atom. The van der Waals surface area contributed by atoms with Crippen LogP contribution in [0.25, 0.3) is 10.9 Å². The summed E-state index contributed by atoms with van der Waals surface area (Å²) in [6.45, 7) is 1.72. The lowest BCUT2D eigenvalue weighted by molar-refractivity contribution is -0.120. The lowest BCUT2D eigenvalue weighted by Crippen LogP contribution is -2.44. The molecule has 0 radical (unpaired) electrons. The largest absolute Gasteiger partial charge is 0.350 e. The van der Waals surface area contributed by atoms with E-state index in [4.69, 9.17) is 0 Å². The first-order valence-corrected chi connectivity index (χ1v) is 10.5. The third-order valence-corrected chi connectivity index (χ3v) is 6.13. The lowest BCUT2D eigenvalue weighted by atomic mass is 9.97. The Labute approximate surface area is 185 Å². The van der Waals surface area contributed by atoms with Gasteiger partial charge in [-0.05, 0) is 48.9 Å². The number of nitrogens with zero attached hydrogens (tertiary/aromatic N) is 2. The maximum absolute atomic E-state index is 13.5. The number of aryl methyl sites for hydroxylation is 1. The van der Waals surface area contributed by atoms with E-state index in [0.29, 0.717) is 11.3 Å². The first kappa shape index (κ1) is 20.0. The van der Waals surface area contributed by atoms with Crippen LogP contribution in [0.3, 0.4) is 0 Å². The Bertz CT molecular complexity index is 1340. The Hall–Kier alpha value is -3.93. The van der Waals surface area contributed by atoms with Gasteiger partial charge < -0.3 is 14.8 Å². The molecule has 3 aromatic carbocycles. The van der Waals surface area contributed by atoms with Gasteiger partial charge in [0.15, 0.2) is 0 Å². The van der Waals surface area contributed by atoms with E-state index in [9.17, 15) is 14.0 Å². The quantitative estimate of drug-likeness (QED) is 0.504. The standard InChI is InChI=1S/C26H22FN3O2/c1-16(25(31)28-18-13-11-17(27)12-14-18)30-24(20-8-3-4-9-21(20)26(30)32)22-15-29(2)23-10-6-5-7-19(22)23/h3-16,24H,1-2H3,(H,28,31)/t16-,24+/m0/s1. The molecule has 2 atom stereocenters. The molecule has 6 heteroatoms. The SMILES string of the molecule is C[C@@H](C(=O)Nc1ccc(F)cc1)N1C(=O)c2ccccc2[C@@H]1c1cn(C)c2ccccc12. The lowest BCUT2D eigenvalue weighted by Gasteiger charge is -2.30. The number of hydrogen-bond donors (Lipinski definition) is 1. The molecule has 2 amide bonds. The minimum Gasteiger partial charge on any atom is -0.350 e. The minimum atomic E-state index is -0.746. The van der Waals surface area contributed by atoms with Crippen molar-refractivity contribution in [1.29, 1.82) is 0 Å². The number of benzene rings is 3. The molecule has 0 fully saturated rings. The molecule has 160 valence electrons. The smallest absolute Gasteiger partial charge is 0.255 e. The molecule has 1 N–H and O–H groups in total. The summed E-state index contributed by atoms with van der Waals surface area (Å²) in [5.41, 5.74) is 4.00. The van der Waals surface area contributed by atoms with Gasteiger partial charge in [0.25, 0.3) is 5.91 Å². The van der Waals surface area contributed by atoms with Gasteiger partial charge in [-0.15, -0.1) is 0 Å². The zero-order valence-corrected chi connectivity index (χ0v) is 17.7. The number of halogens is 1. The van der Waals surface area contributed by atoms with E-state index in [1.807, 2.05) is 60.3 Å². The highest BCUT2D eigenvalue weighted by molar-refractivity contribution is 6.05. The Morgan fingerprint density at radius 2 is 1.66 bits per heavy atom. The molecule has 5 rings (SSSR count). The molecule has 0 aliphatic carbocycles. The number of anilines is 1. The van der Waals surface area contributed by atoms with Crippen LogP contribution in [0, 0.1) is 5.82 Å². The molecule has 1 aliphatic rings. The topological polar surface area (TPSA) is 54.3 Å². The summed E-state index contributed by atoms with van der Waals surface area (Å²) in [6, 6.07) is 20.0. The zero-order chi connectivity index (χ0) is 22.4. The second-order valence-corrected chi connectivity index (χ2v) is 8.09. The normalized spacial score (nSPS) is 16.3. The van der Waals surface area contributed by atoms with Crippen molar-refractivity contribution in [1.82, 2.24) is 9.47 Å². The van der Waals surface area contributed by atoms with Gasteiger partial charge in [0, 0.05) is 41.0 Å². The molecule has 2 heterocycles. The maximum atomic E-state index is 13.5. The number of amides is 2. The van der Waals surface area contributed by atoms with Crippen LogP contribution in [0.15, 0.2) is 79.0 Å². The van der Waals surface area contributed by atoms with Gasteiger partial charge in [0.2, 0.25) is 5.91 Å². The average Bonchev–Trinajstić information content (AvgIpc) is 3.29. The van der Waals surface area contributed by atoms with Crippen LogP contribution in [0.2, 0.25) is 0 Å². The van der Waals surface area contributed by atoms with Crippen molar-refractivity contribution in [3.8, 4) is 0 Å². The minimum absolute atomic E-state index is 0.180. The highest BCUT2D eigenvalue weighted by atomic mass is 19.1. The van der Waals surface area contributed by atoms with Crippen molar-refractivity contribution >= 4 is 28.4 Å². The number of aromatic nitrogens is 1. The second-order valence-electron chi connectivity index (χ2n) is 8.09. The van der Waals surface area contributed by atoms with E-state index in [-0.39, 0.29) is 17.6 Å². The highest BCUT2D eigenvalue weighted by Gasteiger charge is 2.43. The molecular formula is C26H22FN3O2. The number of hydrogen-bond acceptors (Lipinski definition) is 2. The van der Waals surface area contributed by atoms with Crippen LogP contribution in [-0.2, 0) is 11.8 Å². The Kier molecular flexibility index (Phi) is 4.78. The van der Waals surface area contributed by atoms with E-state index < -0.39 is 12.1 Å². The van der Waals surface area contributed by atoms with Crippen molar-refractivity contribution in [2.24, 2.45) is 7.05 Å². The van der Waals surface area contributed by atoms with Crippen molar-refractivity contribution in [3.63, 3.8) is 0 Å². The monoisotopic (exact) mass is 427 g/mol. The van der Waals surface area contributed by atoms with Crippen LogP contribution in [0.4, 0.5) is 10.1 Å². The molecule has 32 heavy (non-hydrogen) atoms. The van der Waals surface area contributed by atoms with Gasteiger partial charge in [0.1, 0.15) is 11.9 Å². The van der Waals surface area contributed by atoms with Crippen LogP contribution < -0.4 is 5.32 Å². The summed E-state index contributed by atoms with van der Waals surface area (Å²) < 4.78 is 15.3. The summed E-state index contributed by atoms with van der Waals surface area (Å²) in [4.78, 5) is 28.2. The molecule has 4 aromatic rings. The zero-order valence-electron chi connectivity index (χ0n) is 17.7. The van der Waals surface area contributed by atoms with Crippen LogP contribution >= 0.6 is 0 Å². The highest BCUT2D eigenvalue weighted by Crippen LogP contribution is 2.42. The third-order valence-electron chi connectivity index (χ3n) is 6.13. The van der Waals surface area contributed by atoms with Crippen molar-refractivity contribution < 1.29 is 14.0 Å². The fourth-order valence-electron chi connectivity index (χ4n) is 4.55. The molecule has 1 aliphatic heterocycles. The van der Waals surface area contributed by atoms with E-state index in [1.165, 1.54) is 24.3 Å². The van der Waals surface area contributed by atoms with Gasteiger partial charge in [0.05, 0.1) is 6.04 Å². The first-order chi connectivity index (χ1) is 15.5. The molecule has 5 nitrogen and oxygen atoms in total. The van der Waals surface area contributed by atoms with Crippen LogP contribution in [0.1, 0.15) is 34.5 Å². The average molecular weight is 427 g/mol. The number of carbonyl (C=O) groups is 2. The molecule has 0 bridgehead atoms. The fourth-order valence-corrected chi connectivity index (χ4v) is 4.55. The third kappa shape index (κ3) is 3.15. The van der Waals surface area contributed by atoms with E-state index in [1.54, 1.807) is 17.9 Å². The molecule has 0 unspecified atom stereocenters. The predicted molar refractivity (Wildman–Crippen MR) is 122 cm³/mol. The van der Waals surface area contributed by atoms with E-state index in [0.717, 1.165) is 22.0 Å². The summed E-state index contributed by atoms with van der Waals surface area (Å²) in [6.07, 6.45) is 2.03. The summed E-state index contributed by atoms with van der Waals surface area (Å²) >= 11 is 0. The van der Waals surface area contributed by atoms with Crippen molar-refractivity contribution in [3.05, 3.63) is 102 Å². The fraction of sp³-hybridized carbons (Fsp3) is 0.154. The molecule has 0 spiro atoms. The first-order valence-electron chi connectivity index (χ1n) is 10.5. The Balaban J connectivity index is 1.57. The van der Waals surface area contributed by atoms with Gasteiger partial charge in [-0.2, -0.15) is 0 Å². The predicted octanol–water partition coefficient (Wildman–Crippen LogP) is 4.89. The van der Waals surface area contributed by atoms with Crippen molar-refractivity contribution in [2.75, 3.05) is 5.32 Å². The Morgan fingerprint density at radius 1 is 0.969 bits per heavy atom. The van der Waals surface area contributed by atoms with Gasteiger partial charge in [-0.1, -0.05) is 36.4 Å². The molecule has 0 saturated carbocycles. The number of carbonyl (C=O) groups excluding carboxylic acids is 2. The molecule has 0 saturated heterocycles. The maximum Gasteiger partial charge on any atom is 0.255 e. The van der Waals surface area contributed by atoms with E-state index >= 15 is 0 Å². The molecule has 1 aromatic heterocycles. The summed E-state index contributed by atoms with van der Waals surface area (Å²) in [5.74, 6) is -0.888. The van der Waals surface area contributed by atoms with Gasteiger partial charge >= 0.3 is 0 Å². The van der Waals surface area contributed by atoms with Crippen LogP contribution in [-0.4, -0.2) is 27.3 Å². The van der Waals surface area contributed by atoms with Gasteiger partial charge in [-0.25, -0.2) is 4.39 Å². The van der Waals surface area contributed by atoms with Crippen molar-refractivity contribution in [2.45, 2.75) is 19.0 Å². The molecular weight excluding hydrogens is 405 g/mol. The summed E-state index contributed by atoms with van der Waals surface area (Å²) in [5, 5.41) is 3.85. The number of nitrogens with one attached hydrogen (secondary N) is 1. The number of para-hydroxylation sites is 1. The second kappa shape index (κ2) is 7.64. The van der Waals surface area contributed by atoms with E-state index in [2.05, 4.69) is 5.32 Å². The van der Waals surface area contributed by atoms with Gasteiger partial charge in [-0.3, -0.25) is 9.59 Å². The summed E-state index contributed by atoms with van der Waals surface area (Å²) in [7, 11) is 1.98. The van der Waals surface area contributed by atoms with Crippen LogP contribution in [0.5, 0.6) is 0 Å².